The Kier molecular flexibility index (Phi) is 6.56. The third kappa shape index (κ3) is 6.72. The normalized spacial score (nSPS) is 12.7. The summed E-state index contributed by atoms with van der Waals surface area (Å²) in [5.74, 6) is -1.34. The molecule has 5 heteroatoms. The van der Waals surface area contributed by atoms with E-state index in [4.69, 9.17) is 4.74 Å². The molecule has 0 saturated heterocycles. The number of rotatable bonds is 7. The van der Waals surface area contributed by atoms with E-state index in [2.05, 4.69) is 5.32 Å². The van der Waals surface area contributed by atoms with Crippen LogP contribution in [0.3, 0.4) is 0 Å². The summed E-state index contributed by atoms with van der Waals surface area (Å²) in [4.78, 5) is 23.3. The van der Waals surface area contributed by atoms with Crippen molar-refractivity contribution in [2.45, 2.75) is 52.2 Å². The number of ether oxygens (including phenoxy) is 1. The average Bonchev–Trinajstić information content (AvgIpc) is 2.38. The highest BCUT2D eigenvalue weighted by atomic mass is 16.5. The smallest absolute Gasteiger partial charge is 0.326 e. The number of hydrogen-bond acceptors (Lipinski definition) is 3. The second kappa shape index (κ2) is 7.94. The van der Waals surface area contributed by atoms with Crippen LogP contribution < -0.4 is 5.32 Å². The number of hydrogen-bond donors (Lipinski definition) is 2. The number of nitrogens with one attached hydrogen (secondary N) is 1. The standard InChI is InChI=1S/C17H25NO4/c1-12-7-5-6-8-13(12)11-15(19)18-14(16(20)21)9-10-22-17(2,3)4/h5-8,14H,9-11H2,1-4H3,(H,18,19)(H,20,21). The lowest BCUT2D eigenvalue weighted by Crippen LogP contribution is -2.42. The minimum absolute atomic E-state index is 0.177. The molecule has 1 atom stereocenters. The molecule has 0 aliphatic rings. The fraction of sp³-hybridized carbons (Fsp3) is 0.529. The minimum atomic E-state index is -1.05. The number of carboxylic acids is 1. The second-order valence-electron chi connectivity index (χ2n) is 6.31. The molecule has 22 heavy (non-hydrogen) atoms. The van der Waals surface area contributed by atoms with E-state index in [0.29, 0.717) is 0 Å². The number of aliphatic carboxylic acids is 1. The third-order valence-electron chi connectivity index (χ3n) is 3.19. The molecule has 0 bridgehead atoms. The van der Waals surface area contributed by atoms with E-state index in [9.17, 15) is 14.7 Å². The van der Waals surface area contributed by atoms with Crippen molar-refractivity contribution in [3.63, 3.8) is 0 Å². The highest BCUT2D eigenvalue weighted by Gasteiger charge is 2.21. The SMILES string of the molecule is Cc1ccccc1CC(=O)NC(CCOC(C)(C)C)C(=O)O. The second-order valence-corrected chi connectivity index (χ2v) is 6.31. The minimum Gasteiger partial charge on any atom is -0.480 e. The average molecular weight is 307 g/mol. The predicted octanol–water partition coefficient (Wildman–Crippen LogP) is 2.31. The summed E-state index contributed by atoms with van der Waals surface area (Å²) in [6.45, 7) is 7.91. The van der Waals surface area contributed by atoms with Gasteiger partial charge in [0, 0.05) is 13.0 Å². The molecule has 2 N–H and O–H groups in total. The van der Waals surface area contributed by atoms with Crippen LogP contribution in [0.1, 0.15) is 38.3 Å². The molecule has 0 radical (unpaired) electrons. The maximum absolute atomic E-state index is 12.0. The molecule has 1 aromatic rings. The van der Waals surface area contributed by atoms with Gasteiger partial charge in [-0.2, -0.15) is 0 Å². The van der Waals surface area contributed by atoms with Gasteiger partial charge in [0.05, 0.1) is 12.0 Å². The van der Waals surface area contributed by atoms with Crippen molar-refractivity contribution in [2.75, 3.05) is 6.61 Å². The first-order valence-electron chi connectivity index (χ1n) is 7.39. The lowest BCUT2D eigenvalue weighted by atomic mass is 10.1. The van der Waals surface area contributed by atoms with E-state index in [-0.39, 0.29) is 31.0 Å². The molecule has 1 amide bonds. The highest BCUT2D eigenvalue weighted by Crippen LogP contribution is 2.09. The van der Waals surface area contributed by atoms with Gasteiger partial charge in [0.2, 0.25) is 5.91 Å². The fourth-order valence-corrected chi connectivity index (χ4v) is 1.97. The zero-order valence-electron chi connectivity index (χ0n) is 13.7. The third-order valence-corrected chi connectivity index (χ3v) is 3.19. The van der Waals surface area contributed by atoms with Crippen molar-refractivity contribution in [2.24, 2.45) is 0 Å². The molecule has 0 aliphatic heterocycles. The van der Waals surface area contributed by atoms with Gasteiger partial charge in [0.15, 0.2) is 0 Å². The first-order chi connectivity index (χ1) is 10.2. The maximum atomic E-state index is 12.0. The summed E-state index contributed by atoms with van der Waals surface area (Å²) in [5.41, 5.74) is 1.59. The summed E-state index contributed by atoms with van der Waals surface area (Å²) < 4.78 is 5.51. The lowest BCUT2D eigenvalue weighted by Gasteiger charge is -2.21. The van der Waals surface area contributed by atoms with E-state index in [1.807, 2.05) is 52.0 Å². The zero-order chi connectivity index (χ0) is 16.8. The lowest BCUT2D eigenvalue weighted by molar-refractivity contribution is -0.142. The Labute approximate surface area is 131 Å². The predicted molar refractivity (Wildman–Crippen MR) is 84.8 cm³/mol. The molecule has 0 aliphatic carbocycles. The summed E-state index contributed by atoms with van der Waals surface area (Å²) in [5, 5.41) is 11.8. The van der Waals surface area contributed by atoms with Gasteiger partial charge in [0.25, 0.3) is 0 Å². The number of benzene rings is 1. The molecule has 0 heterocycles. The van der Waals surface area contributed by atoms with Gasteiger partial charge in [-0.3, -0.25) is 4.79 Å². The van der Waals surface area contributed by atoms with Crippen molar-refractivity contribution in [1.29, 1.82) is 0 Å². The van der Waals surface area contributed by atoms with Crippen molar-refractivity contribution in [3.8, 4) is 0 Å². The van der Waals surface area contributed by atoms with Crippen LogP contribution in [0.15, 0.2) is 24.3 Å². The van der Waals surface area contributed by atoms with Crippen molar-refractivity contribution < 1.29 is 19.4 Å². The Bertz CT molecular complexity index is 520. The Hall–Kier alpha value is -1.88. The largest absolute Gasteiger partial charge is 0.480 e. The number of carboxylic acid groups (broad SMARTS) is 1. The van der Waals surface area contributed by atoms with E-state index < -0.39 is 12.0 Å². The molecule has 0 fully saturated rings. The number of amides is 1. The molecule has 122 valence electrons. The molecule has 1 rings (SSSR count). The first kappa shape index (κ1) is 18.2. The molecule has 5 nitrogen and oxygen atoms in total. The van der Waals surface area contributed by atoms with Gasteiger partial charge in [-0.15, -0.1) is 0 Å². The van der Waals surface area contributed by atoms with Crippen LogP contribution in [0, 0.1) is 6.92 Å². The highest BCUT2D eigenvalue weighted by molar-refractivity contribution is 5.85. The van der Waals surface area contributed by atoms with Crippen LogP contribution in [0.5, 0.6) is 0 Å². The van der Waals surface area contributed by atoms with E-state index in [1.54, 1.807) is 0 Å². The quantitative estimate of drug-likeness (QED) is 0.810. The molecule has 1 aromatic carbocycles. The van der Waals surface area contributed by atoms with E-state index in [0.717, 1.165) is 11.1 Å². The molecule has 0 saturated carbocycles. The van der Waals surface area contributed by atoms with Gasteiger partial charge in [-0.1, -0.05) is 24.3 Å². The topological polar surface area (TPSA) is 75.6 Å². The van der Waals surface area contributed by atoms with Gasteiger partial charge >= 0.3 is 5.97 Å². The number of carbonyl (C=O) groups excluding carboxylic acids is 1. The number of carbonyl (C=O) groups is 2. The van der Waals surface area contributed by atoms with Gasteiger partial charge in [-0.05, 0) is 38.8 Å². The van der Waals surface area contributed by atoms with E-state index in [1.165, 1.54) is 0 Å². The number of aryl methyl sites for hydroxylation is 1. The summed E-state index contributed by atoms with van der Waals surface area (Å²) in [6, 6.07) is 6.63. The fourth-order valence-electron chi connectivity index (χ4n) is 1.97. The van der Waals surface area contributed by atoms with Crippen molar-refractivity contribution >= 4 is 11.9 Å². The van der Waals surface area contributed by atoms with Crippen LogP contribution in [-0.4, -0.2) is 35.2 Å². The van der Waals surface area contributed by atoms with E-state index >= 15 is 0 Å². The van der Waals surface area contributed by atoms with Crippen LogP contribution in [0.4, 0.5) is 0 Å². The first-order valence-corrected chi connectivity index (χ1v) is 7.39. The molecule has 0 spiro atoms. The summed E-state index contributed by atoms with van der Waals surface area (Å²) in [6.07, 6.45) is 0.419. The van der Waals surface area contributed by atoms with Crippen molar-refractivity contribution in [1.82, 2.24) is 5.32 Å². The summed E-state index contributed by atoms with van der Waals surface area (Å²) >= 11 is 0. The van der Waals surface area contributed by atoms with Gasteiger partial charge < -0.3 is 15.2 Å². The molecular weight excluding hydrogens is 282 g/mol. The Morgan fingerprint density at radius 3 is 2.45 bits per heavy atom. The van der Waals surface area contributed by atoms with Crippen LogP contribution in [0.2, 0.25) is 0 Å². The summed E-state index contributed by atoms with van der Waals surface area (Å²) in [7, 11) is 0. The Morgan fingerprint density at radius 1 is 1.27 bits per heavy atom. The molecule has 0 aromatic heterocycles. The molecule has 1 unspecified atom stereocenters. The molecular formula is C17H25NO4. The monoisotopic (exact) mass is 307 g/mol. The van der Waals surface area contributed by atoms with Crippen LogP contribution >= 0.6 is 0 Å². The Balaban J connectivity index is 2.54. The zero-order valence-corrected chi connectivity index (χ0v) is 13.7. The van der Waals surface area contributed by atoms with Crippen molar-refractivity contribution in [3.05, 3.63) is 35.4 Å². The van der Waals surface area contributed by atoms with Crippen LogP contribution in [-0.2, 0) is 20.7 Å². The van der Waals surface area contributed by atoms with Gasteiger partial charge in [0.1, 0.15) is 6.04 Å². The van der Waals surface area contributed by atoms with Gasteiger partial charge in [-0.25, -0.2) is 4.79 Å². The Morgan fingerprint density at radius 2 is 1.91 bits per heavy atom. The maximum Gasteiger partial charge on any atom is 0.326 e. The van der Waals surface area contributed by atoms with Crippen LogP contribution in [0.25, 0.3) is 0 Å².